The van der Waals surface area contributed by atoms with Crippen LogP contribution in [0.15, 0.2) is 12.4 Å². The molecule has 0 aliphatic heterocycles. The molecule has 0 fully saturated rings. The Morgan fingerprint density at radius 1 is 0.452 bits per heavy atom. The fourth-order valence-corrected chi connectivity index (χ4v) is 6.96. The van der Waals surface area contributed by atoms with Gasteiger partial charge < -0.3 is 0 Å². The molecule has 248 valence electrons. The van der Waals surface area contributed by atoms with Crippen LogP contribution in [0.3, 0.4) is 0 Å². The Bertz CT molecular complexity index is 650. The maximum absolute atomic E-state index is 3.72. The lowest BCUT2D eigenvalue weighted by molar-refractivity contribution is -0.727. The number of hydrogen-bond acceptors (Lipinski definition) is 0. The number of aromatic amines is 1. The van der Waals surface area contributed by atoms with Crippen molar-refractivity contribution in [3.63, 3.8) is 0 Å². The average molecular weight is 588 g/mol. The molecule has 0 bridgehead atoms. The Kier molecular flexibility index (Phi) is 28.3. The van der Waals surface area contributed by atoms with Crippen molar-refractivity contribution < 1.29 is 4.57 Å². The molecule has 1 heterocycles. The molecular formula is C40H79N2+. The second-order valence-corrected chi connectivity index (χ2v) is 14.0. The molecular weight excluding hydrogens is 508 g/mol. The zero-order valence-corrected chi connectivity index (χ0v) is 29.7. The van der Waals surface area contributed by atoms with E-state index in [9.17, 15) is 0 Å². The zero-order chi connectivity index (χ0) is 30.4. The summed E-state index contributed by atoms with van der Waals surface area (Å²) in [7, 11) is 0. The lowest BCUT2D eigenvalue weighted by Gasteiger charge is -2.17. The lowest BCUT2D eigenvalue weighted by atomic mass is 9.93. The van der Waals surface area contributed by atoms with Crippen LogP contribution in [-0.4, -0.2) is 4.98 Å². The number of nitrogens with zero attached hydrogens (tertiary/aromatic N) is 1. The van der Waals surface area contributed by atoms with Gasteiger partial charge >= 0.3 is 0 Å². The van der Waals surface area contributed by atoms with Crippen molar-refractivity contribution in [3.8, 4) is 0 Å². The number of rotatable bonds is 33. The topological polar surface area (TPSA) is 19.7 Å². The van der Waals surface area contributed by atoms with E-state index in [1.807, 2.05) is 0 Å². The highest BCUT2D eigenvalue weighted by Gasteiger charge is 2.25. The van der Waals surface area contributed by atoms with E-state index in [2.05, 4.69) is 49.6 Å². The average Bonchev–Trinajstić information content (AvgIpc) is 3.49. The molecule has 2 heteroatoms. The number of hydrogen-bond donors (Lipinski definition) is 1. The minimum absolute atomic E-state index is 0.620. The summed E-state index contributed by atoms with van der Waals surface area (Å²) in [6, 6.07) is 0.620. The standard InChI is InChI=1S/C40H78N2/c1-5-8-11-13-15-17-19-21-22-24-26-28-31-33-38(4)42-37-36-41-40(42)39(34-30-10-7-3)35-32-29-27-25-23-20-18-16-14-12-9-6-2/h36-39H,5-35H2,1-4H3/p+1. The molecule has 2 atom stereocenters. The van der Waals surface area contributed by atoms with Crippen molar-refractivity contribution in [3.05, 3.63) is 18.2 Å². The van der Waals surface area contributed by atoms with Crippen molar-refractivity contribution >= 4 is 0 Å². The lowest BCUT2D eigenvalue weighted by Crippen LogP contribution is -2.41. The van der Waals surface area contributed by atoms with Gasteiger partial charge in [-0.1, -0.05) is 194 Å². The second-order valence-electron chi connectivity index (χ2n) is 14.0. The van der Waals surface area contributed by atoms with E-state index in [4.69, 9.17) is 0 Å². The van der Waals surface area contributed by atoms with Gasteiger partial charge in [0, 0.05) is 0 Å². The highest BCUT2D eigenvalue weighted by molar-refractivity contribution is 4.90. The first-order valence-corrected chi connectivity index (χ1v) is 19.8. The van der Waals surface area contributed by atoms with Gasteiger partial charge in [-0.05, 0) is 32.6 Å². The SMILES string of the molecule is CCCCCCCCCCCCCCCC(C)[n+]1cc[nH]c1C(CCCCC)CCCCCCCCCCCCCC. The Balaban J connectivity index is 2.24. The summed E-state index contributed by atoms with van der Waals surface area (Å²) in [5.74, 6) is 2.24. The van der Waals surface area contributed by atoms with Crippen LogP contribution in [0.1, 0.15) is 245 Å². The van der Waals surface area contributed by atoms with Crippen molar-refractivity contribution in [2.24, 2.45) is 0 Å². The molecule has 1 aromatic rings. The van der Waals surface area contributed by atoms with Crippen molar-refractivity contribution in [1.82, 2.24) is 4.98 Å². The van der Waals surface area contributed by atoms with E-state index in [-0.39, 0.29) is 0 Å². The first kappa shape index (κ1) is 39.2. The third kappa shape index (κ3) is 21.8. The fourth-order valence-electron chi connectivity index (χ4n) is 6.96. The maximum atomic E-state index is 3.72. The summed E-state index contributed by atoms with van der Waals surface area (Å²) >= 11 is 0. The highest BCUT2D eigenvalue weighted by atomic mass is 15.1. The maximum Gasteiger partial charge on any atom is 0.257 e. The molecule has 0 saturated heterocycles. The predicted molar refractivity (Wildman–Crippen MR) is 189 cm³/mol. The third-order valence-corrected chi connectivity index (χ3v) is 9.89. The molecule has 0 saturated carbocycles. The molecule has 1 aromatic heterocycles. The van der Waals surface area contributed by atoms with E-state index in [0.29, 0.717) is 12.0 Å². The number of aromatic nitrogens is 2. The molecule has 0 amide bonds. The number of imidazole rings is 1. The van der Waals surface area contributed by atoms with Crippen LogP contribution in [0.25, 0.3) is 0 Å². The summed E-state index contributed by atoms with van der Waals surface area (Å²) in [4.78, 5) is 3.72. The molecule has 1 N–H and O–H groups in total. The van der Waals surface area contributed by atoms with Gasteiger partial charge in [-0.3, -0.25) is 0 Å². The Labute approximate surface area is 266 Å². The number of unbranched alkanes of at least 4 members (excludes halogenated alkanes) is 25. The van der Waals surface area contributed by atoms with Gasteiger partial charge in [0.05, 0.1) is 12.0 Å². The molecule has 0 aromatic carbocycles. The molecule has 1 rings (SSSR count). The zero-order valence-electron chi connectivity index (χ0n) is 29.7. The van der Waals surface area contributed by atoms with E-state index in [1.54, 1.807) is 0 Å². The van der Waals surface area contributed by atoms with Crippen LogP contribution >= 0.6 is 0 Å². The fraction of sp³-hybridized carbons (Fsp3) is 0.925. The molecule has 0 aliphatic carbocycles. The summed E-state index contributed by atoms with van der Waals surface area (Å²) in [5, 5.41) is 0. The molecule has 0 spiro atoms. The van der Waals surface area contributed by atoms with E-state index in [0.717, 1.165) is 0 Å². The summed E-state index contributed by atoms with van der Waals surface area (Å²) < 4.78 is 2.62. The molecule has 42 heavy (non-hydrogen) atoms. The van der Waals surface area contributed by atoms with Gasteiger partial charge in [0.2, 0.25) is 0 Å². The minimum Gasteiger partial charge on any atom is -0.247 e. The van der Waals surface area contributed by atoms with Gasteiger partial charge in [-0.2, -0.15) is 0 Å². The summed E-state index contributed by atoms with van der Waals surface area (Å²) in [6.07, 6.45) is 48.7. The van der Waals surface area contributed by atoms with E-state index < -0.39 is 0 Å². The Morgan fingerprint density at radius 3 is 1.17 bits per heavy atom. The van der Waals surface area contributed by atoms with Gasteiger partial charge in [-0.25, -0.2) is 9.55 Å². The summed E-state index contributed by atoms with van der Waals surface area (Å²) in [5.41, 5.74) is 0. The quantitative estimate of drug-likeness (QED) is 0.0623. The van der Waals surface area contributed by atoms with Crippen molar-refractivity contribution in [1.29, 1.82) is 0 Å². The van der Waals surface area contributed by atoms with Gasteiger partial charge in [0.25, 0.3) is 5.82 Å². The van der Waals surface area contributed by atoms with Gasteiger partial charge in [-0.15, -0.1) is 0 Å². The van der Waals surface area contributed by atoms with Crippen LogP contribution in [-0.2, 0) is 0 Å². The largest absolute Gasteiger partial charge is 0.257 e. The predicted octanol–water partition coefficient (Wildman–Crippen LogP) is 14.1. The molecule has 0 radical (unpaired) electrons. The van der Waals surface area contributed by atoms with Crippen LogP contribution in [0.4, 0.5) is 0 Å². The molecule has 2 nitrogen and oxygen atoms in total. The van der Waals surface area contributed by atoms with Crippen LogP contribution < -0.4 is 4.57 Å². The Hall–Kier alpha value is -0.790. The number of nitrogens with one attached hydrogen (secondary N) is 1. The van der Waals surface area contributed by atoms with Gasteiger partial charge in [0.1, 0.15) is 12.4 Å². The van der Waals surface area contributed by atoms with E-state index in [1.165, 1.54) is 205 Å². The monoisotopic (exact) mass is 588 g/mol. The second kappa shape index (κ2) is 30.2. The van der Waals surface area contributed by atoms with Crippen LogP contribution in [0.5, 0.6) is 0 Å². The smallest absolute Gasteiger partial charge is 0.247 e. The first-order chi connectivity index (χ1) is 20.7. The Morgan fingerprint density at radius 2 is 0.762 bits per heavy atom. The number of H-pyrrole nitrogens is 1. The van der Waals surface area contributed by atoms with Gasteiger partial charge in [0.15, 0.2) is 0 Å². The van der Waals surface area contributed by atoms with Crippen LogP contribution in [0, 0.1) is 0 Å². The minimum atomic E-state index is 0.620. The molecule has 0 aliphatic rings. The highest BCUT2D eigenvalue weighted by Crippen LogP contribution is 2.27. The van der Waals surface area contributed by atoms with Crippen molar-refractivity contribution in [2.75, 3.05) is 0 Å². The normalized spacial score (nSPS) is 13.1. The first-order valence-electron chi connectivity index (χ1n) is 19.8. The summed E-state index contributed by atoms with van der Waals surface area (Å²) in [6.45, 7) is 9.42. The van der Waals surface area contributed by atoms with Crippen LogP contribution in [0.2, 0.25) is 0 Å². The van der Waals surface area contributed by atoms with Crippen molar-refractivity contribution in [2.45, 2.75) is 239 Å². The third-order valence-electron chi connectivity index (χ3n) is 9.89. The molecule has 2 unspecified atom stereocenters. The van der Waals surface area contributed by atoms with E-state index >= 15 is 0 Å².